The number of amides is 1. The molecule has 0 radical (unpaired) electrons. The second-order valence-corrected chi connectivity index (χ2v) is 7.00. The van der Waals surface area contributed by atoms with Crippen molar-refractivity contribution in [2.24, 2.45) is 5.92 Å². The van der Waals surface area contributed by atoms with Crippen molar-refractivity contribution in [3.63, 3.8) is 0 Å². The van der Waals surface area contributed by atoms with E-state index in [0.29, 0.717) is 17.4 Å². The summed E-state index contributed by atoms with van der Waals surface area (Å²) in [7, 11) is -2.16. The highest BCUT2D eigenvalue weighted by molar-refractivity contribution is 7.89. The zero-order valence-corrected chi connectivity index (χ0v) is 13.2. The van der Waals surface area contributed by atoms with Crippen LogP contribution < -0.4 is 14.8 Å². The van der Waals surface area contributed by atoms with Crippen LogP contribution in [0, 0.1) is 5.92 Å². The fourth-order valence-corrected chi connectivity index (χ4v) is 3.46. The lowest BCUT2D eigenvalue weighted by atomic mass is 10.2. The van der Waals surface area contributed by atoms with Gasteiger partial charge in [0.15, 0.2) is 0 Å². The lowest BCUT2D eigenvalue weighted by Crippen LogP contribution is -2.34. The maximum Gasteiger partial charge on any atom is 0.240 e. The molecule has 0 bridgehead atoms. The number of anilines is 1. The van der Waals surface area contributed by atoms with E-state index in [1.807, 2.05) is 6.92 Å². The van der Waals surface area contributed by atoms with Gasteiger partial charge in [0.25, 0.3) is 0 Å². The first kappa shape index (κ1) is 15.8. The Balaban J connectivity index is 2.24. The van der Waals surface area contributed by atoms with Gasteiger partial charge in [0, 0.05) is 19.0 Å². The van der Waals surface area contributed by atoms with Crippen LogP contribution in [0.25, 0.3) is 0 Å². The first-order chi connectivity index (χ1) is 9.83. The maximum atomic E-state index is 12.3. The van der Waals surface area contributed by atoms with Crippen LogP contribution in [0.2, 0.25) is 0 Å². The van der Waals surface area contributed by atoms with Gasteiger partial charge in [0.2, 0.25) is 15.9 Å². The average Bonchev–Trinajstić information content (AvgIpc) is 3.22. The van der Waals surface area contributed by atoms with Crippen molar-refractivity contribution < 1.29 is 17.9 Å². The molecule has 2 rings (SSSR count). The first-order valence-electron chi connectivity index (χ1n) is 6.81. The van der Waals surface area contributed by atoms with E-state index < -0.39 is 10.0 Å². The molecule has 0 aromatic heterocycles. The number of ether oxygens (including phenoxy) is 1. The summed E-state index contributed by atoms with van der Waals surface area (Å²) in [6, 6.07) is 4.32. The van der Waals surface area contributed by atoms with E-state index in [0.717, 1.165) is 12.8 Å². The van der Waals surface area contributed by atoms with Gasteiger partial charge in [0.05, 0.1) is 17.7 Å². The minimum atomic E-state index is -3.59. The number of benzene rings is 1. The normalized spacial score (nSPS) is 16.3. The Morgan fingerprint density at radius 2 is 2.05 bits per heavy atom. The highest BCUT2D eigenvalue weighted by Gasteiger charge is 2.31. The first-order valence-corrected chi connectivity index (χ1v) is 8.30. The van der Waals surface area contributed by atoms with E-state index in [9.17, 15) is 13.2 Å². The van der Waals surface area contributed by atoms with E-state index in [4.69, 9.17) is 4.74 Å². The Morgan fingerprint density at radius 3 is 2.57 bits per heavy atom. The molecule has 1 aliphatic rings. The molecule has 6 nitrogen and oxygen atoms in total. The molecule has 1 saturated carbocycles. The average molecular weight is 312 g/mol. The van der Waals surface area contributed by atoms with E-state index >= 15 is 0 Å². The zero-order valence-electron chi connectivity index (χ0n) is 12.3. The van der Waals surface area contributed by atoms with Gasteiger partial charge in [-0.3, -0.25) is 4.79 Å². The van der Waals surface area contributed by atoms with Crippen LogP contribution in [0.3, 0.4) is 0 Å². The molecule has 2 N–H and O–H groups in total. The van der Waals surface area contributed by atoms with E-state index in [1.165, 1.54) is 32.2 Å². The molecule has 0 spiro atoms. The van der Waals surface area contributed by atoms with Gasteiger partial charge in [-0.25, -0.2) is 13.1 Å². The van der Waals surface area contributed by atoms with Crippen molar-refractivity contribution in [2.75, 3.05) is 12.4 Å². The molecular formula is C14H20N2O4S. The molecule has 7 heteroatoms. The van der Waals surface area contributed by atoms with Gasteiger partial charge < -0.3 is 10.1 Å². The predicted octanol–water partition coefficient (Wildman–Crippen LogP) is 1.73. The molecule has 0 heterocycles. The van der Waals surface area contributed by atoms with Crippen LogP contribution in [0.5, 0.6) is 5.75 Å². The maximum absolute atomic E-state index is 12.3. The minimum Gasteiger partial charge on any atom is -0.495 e. The molecule has 1 amide bonds. The second-order valence-electron chi connectivity index (χ2n) is 5.29. The minimum absolute atomic E-state index is 0.0731. The fourth-order valence-electron chi connectivity index (χ4n) is 2.14. The van der Waals surface area contributed by atoms with E-state index in [-0.39, 0.29) is 16.8 Å². The summed E-state index contributed by atoms with van der Waals surface area (Å²) in [6.07, 6.45) is 2.13. The Labute approximate surface area is 124 Å². The Bertz CT molecular complexity index is 638. The third-order valence-corrected chi connectivity index (χ3v) is 5.02. The molecule has 1 aromatic rings. The van der Waals surface area contributed by atoms with Crippen molar-refractivity contribution in [1.82, 2.24) is 4.72 Å². The number of hydrogen-bond donors (Lipinski definition) is 2. The number of methoxy groups -OCH3 is 1. The van der Waals surface area contributed by atoms with E-state index in [1.54, 1.807) is 0 Å². The van der Waals surface area contributed by atoms with Crippen molar-refractivity contribution in [1.29, 1.82) is 0 Å². The molecule has 1 atom stereocenters. The Hall–Kier alpha value is -1.60. The Kier molecular flexibility index (Phi) is 4.53. The summed E-state index contributed by atoms with van der Waals surface area (Å²) >= 11 is 0. The predicted molar refractivity (Wildman–Crippen MR) is 79.8 cm³/mol. The topological polar surface area (TPSA) is 84.5 Å². The summed E-state index contributed by atoms with van der Waals surface area (Å²) in [5, 5.41) is 2.59. The number of carbonyl (C=O) groups is 1. The monoisotopic (exact) mass is 312 g/mol. The van der Waals surface area contributed by atoms with Crippen LogP contribution in [0.1, 0.15) is 26.7 Å². The largest absolute Gasteiger partial charge is 0.495 e. The third kappa shape index (κ3) is 3.95. The number of rotatable bonds is 6. The molecule has 1 fully saturated rings. The molecular weight excluding hydrogens is 292 g/mol. The molecule has 1 aliphatic carbocycles. The summed E-state index contributed by atoms with van der Waals surface area (Å²) in [5.74, 6) is 0.497. The SMILES string of the molecule is COc1cc(S(=O)(=O)N[C@@H](C)C2CC2)ccc1NC(C)=O. The van der Waals surface area contributed by atoms with Crippen molar-refractivity contribution in [3.8, 4) is 5.75 Å². The summed E-state index contributed by atoms with van der Waals surface area (Å²) in [4.78, 5) is 11.2. The smallest absolute Gasteiger partial charge is 0.240 e. The quantitative estimate of drug-likeness (QED) is 0.838. The van der Waals surface area contributed by atoms with Crippen LogP contribution >= 0.6 is 0 Å². The van der Waals surface area contributed by atoms with Crippen LogP contribution in [0.4, 0.5) is 5.69 Å². The van der Waals surface area contributed by atoms with Crippen molar-refractivity contribution in [3.05, 3.63) is 18.2 Å². The number of carbonyl (C=O) groups excluding carboxylic acids is 1. The van der Waals surface area contributed by atoms with Crippen LogP contribution in [-0.2, 0) is 14.8 Å². The van der Waals surface area contributed by atoms with Gasteiger partial charge in [0.1, 0.15) is 5.75 Å². The standard InChI is InChI=1S/C14H20N2O4S/c1-9(11-4-5-11)16-21(18,19)12-6-7-13(15-10(2)17)14(8-12)20-3/h6-9,11,16H,4-5H2,1-3H3,(H,15,17)/t9-/m0/s1. The zero-order chi connectivity index (χ0) is 15.6. The summed E-state index contributed by atoms with van der Waals surface area (Å²) in [5.41, 5.74) is 0.444. The molecule has 21 heavy (non-hydrogen) atoms. The van der Waals surface area contributed by atoms with Crippen LogP contribution in [-0.4, -0.2) is 27.5 Å². The van der Waals surface area contributed by atoms with Crippen molar-refractivity contribution >= 4 is 21.6 Å². The van der Waals surface area contributed by atoms with Crippen LogP contribution in [0.15, 0.2) is 23.1 Å². The summed E-state index contributed by atoms with van der Waals surface area (Å²) in [6.45, 7) is 3.25. The number of hydrogen-bond acceptors (Lipinski definition) is 4. The van der Waals surface area contributed by atoms with E-state index in [2.05, 4.69) is 10.0 Å². The van der Waals surface area contributed by atoms with Gasteiger partial charge in [-0.1, -0.05) is 0 Å². The highest BCUT2D eigenvalue weighted by Crippen LogP contribution is 2.33. The molecule has 0 unspecified atom stereocenters. The Morgan fingerprint density at radius 1 is 1.38 bits per heavy atom. The lowest BCUT2D eigenvalue weighted by Gasteiger charge is -2.15. The second kappa shape index (κ2) is 6.03. The van der Waals surface area contributed by atoms with Gasteiger partial charge in [-0.05, 0) is 37.8 Å². The molecule has 0 saturated heterocycles. The lowest BCUT2D eigenvalue weighted by molar-refractivity contribution is -0.114. The highest BCUT2D eigenvalue weighted by atomic mass is 32.2. The van der Waals surface area contributed by atoms with Gasteiger partial charge in [-0.15, -0.1) is 0 Å². The molecule has 1 aromatic carbocycles. The van der Waals surface area contributed by atoms with Gasteiger partial charge in [-0.2, -0.15) is 0 Å². The van der Waals surface area contributed by atoms with Crippen molar-refractivity contribution in [2.45, 2.75) is 37.6 Å². The fraction of sp³-hybridized carbons (Fsp3) is 0.500. The molecule has 116 valence electrons. The summed E-state index contributed by atoms with van der Waals surface area (Å²) < 4.78 is 32.5. The third-order valence-electron chi connectivity index (χ3n) is 3.46. The van der Waals surface area contributed by atoms with Gasteiger partial charge >= 0.3 is 0 Å². The number of sulfonamides is 1. The number of nitrogens with one attached hydrogen (secondary N) is 2. The molecule has 0 aliphatic heterocycles.